The molecule has 3 rings (SSSR count). The van der Waals surface area contributed by atoms with Gasteiger partial charge >= 0.3 is 5.69 Å². The molecule has 0 fully saturated rings. The van der Waals surface area contributed by atoms with Gasteiger partial charge in [-0.25, -0.2) is 4.68 Å². The number of aromatic hydroxyl groups is 1. The second kappa shape index (κ2) is 4.95. The molecule has 0 saturated heterocycles. The van der Waals surface area contributed by atoms with Gasteiger partial charge in [-0.2, -0.15) is 5.10 Å². The molecule has 2 N–H and O–H groups in total. The number of aromatic amines is 1. The zero-order valence-corrected chi connectivity index (χ0v) is 11.8. The third-order valence-corrected chi connectivity index (χ3v) is 3.25. The number of nitro groups is 1. The summed E-state index contributed by atoms with van der Waals surface area (Å²) in [7, 11) is 1.55. The minimum absolute atomic E-state index is 0.0205. The summed E-state index contributed by atoms with van der Waals surface area (Å²) in [6.07, 6.45) is 0. The van der Waals surface area contributed by atoms with Crippen molar-refractivity contribution < 1.29 is 10.0 Å². The van der Waals surface area contributed by atoms with Crippen molar-refractivity contribution in [3.05, 3.63) is 40.1 Å². The van der Waals surface area contributed by atoms with Crippen molar-refractivity contribution >= 4 is 28.1 Å². The molecular weight excluding hydrogens is 288 g/mol. The Bertz CT molecular complexity index is 908. The van der Waals surface area contributed by atoms with Crippen LogP contribution in [-0.2, 0) is 7.05 Å². The highest BCUT2D eigenvalue weighted by atomic mass is 16.6. The van der Waals surface area contributed by atoms with Gasteiger partial charge < -0.3 is 10.1 Å². The van der Waals surface area contributed by atoms with E-state index in [4.69, 9.17) is 0 Å². The minimum atomic E-state index is -0.550. The van der Waals surface area contributed by atoms with Gasteiger partial charge in [-0.3, -0.25) is 10.1 Å². The summed E-state index contributed by atoms with van der Waals surface area (Å²) in [5, 5.41) is 33.5. The number of azo groups is 1. The summed E-state index contributed by atoms with van der Waals surface area (Å²) in [5.41, 5.74) is 0.976. The number of para-hydroxylation sites is 1. The van der Waals surface area contributed by atoms with E-state index >= 15 is 0 Å². The lowest BCUT2D eigenvalue weighted by atomic mass is 10.2. The smallest absolute Gasteiger partial charge is 0.337 e. The van der Waals surface area contributed by atoms with Crippen molar-refractivity contribution in [3.8, 4) is 5.88 Å². The number of fused-ring (bicyclic) bond motifs is 1. The molecule has 0 radical (unpaired) electrons. The Balaban J connectivity index is 2.11. The first-order valence-electron chi connectivity index (χ1n) is 6.38. The van der Waals surface area contributed by atoms with E-state index < -0.39 is 4.92 Å². The third kappa shape index (κ3) is 2.08. The van der Waals surface area contributed by atoms with Crippen LogP contribution in [0.3, 0.4) is 0 Å². The first-order valence-corrected chi connectivity index (χ1v) is 6.38. The molecule has 0 spiro atoms. The van der Waals surface area contributed by atoms with E-state index in [1.165, 1.54) is 11.6 Å². The fourth-order valence-corrected chi connectivity index (χ4v) is 2.27. The number of hydrogen-bond acceptors (Lipinski definition) is 6. The van der Waals surface area contributed by atoms with Crippen molar-refractivity contribution in [2.75, 3.05) is 0 Å². The Kier molecular flexibility index (Phi) is 3.09. The van der Waals surface area contributed by atoms with Crippen molar-refractivity contribution in [2.24, 2.45) is 17.3 Å². The molecule has 0 aliphatic heterocycles. The minimum Gasteiger partial charge on any atom is -0.493 e. The lowest BCUT2D eigenvalue weighted by Crippen LogP contribution is -1.89. The number of H-pyrrole nitrogens is 1. The zero-order valence-electron chi connectivity index (χ0n) is 11.8. The average molecular weight is 300 g/mol. The quantitative estimate of drug-likeness (QED) is 0.438. The molecule has 3 aromatic rings. The number of hydrogen-bond donors (Lipinski definition) is 2. The Morgan fingerprint density at radius 3 is 2.82 bits per heavy atom. The number of nitrogens with one attached hydrogen (secondary N) is 1. The third-order valence-electron chi connectivity index (χ3n) is 3.25. The predicted octanol–water partition coefficient (Wildman–Crippen LogP) is 3.24. The zero-order chi connectivity index (χ0) is 15.9. The molecule has 0 unspecified atom stereocenters. The first kappa shape index (κ1) is 13.7. The number of aromatic nitrogens is 3. The Morgan fingerprint density at radius 1 is 1.36 bits per heavy atom. The van der Waals surface area contributed by atoms with Crippen LogP contribution in [0.15, 0.2) is 34.5 Å². The maximum atomic E-state index is 11.1. The Hall–Kier alpha value is -3.23. The molecule has 0 aliphatic rings. The number of aryl methyl sites for hydroxylation is 2. The van der Waals surface area contributed by atoms with Gasteiger partial charge in [-0.15, -0.1) is 10.2 Å². The maximum absolute atomic E-state index is 11.1. The van der Waals surface area contributed by atoms with Crippen molar-refractivity contribution in [3.63, 3.8) is 0 Å². The van der Waals surface area contributed by atoms with E-state index in [0.717, 1.165) is 0 Å². The highest BCUT2D eigenvalue weighted by Gasteiger charge is 2.24. The number of rotatable bonds is 3. The molecule has 2 heterocycles. The summed E-state index contributed by atoms with van der Waals surface area (Å²) in [6.45, 7) is 1.53. The van der Waals surface area contributed by atoms with Gasteiger partial charge in [0, 0.05) is 12.4 Å². The molecule has 0 amide bonds. The van der Waals surface area contributed by atoms with Crippen molar-refractivity contribution in [1.82, 2.24) is 14.8 Å². The van der Waals surface area contributed by atoms with E-state index in [9.17, 15) is 15.2 Å². The fourth-order valence-electron chi connectivity index (χ4n) is 2.27. The van der Waals surface area contributed by atoms with Gasteiger partial charge in [0.05, 0.1) is 10.4 Å². The second-order valence-electron chi connectivity index (χ2n) is 4.71. The molecule has 1 aromatic carbocycles. The van der Waals surface area contributed by atoms with Gasteiger partial charge in [0.1, 0.15) is 5.69 Å². The van der Waals surface area contributed by atoms with Crippen LogP contribution >= 0.6 is 0 Å². The van der Waals surface area contributed by atoms with Crippen LogP contribution in [-0.4, -0.2) is 24.8 Å². The van der Waals surface area contributed by atoms with Gasteiger partial charge in [-0.1, -0.05) is 18.2 Å². The largest absolute Gasteiger partial charge is 0.493 e. The van der Waals surface area contributed by atoms with E-state index in [0.29, 0.717) is 10.9 Å². The topological polar surface area (TPSA) is 122 Å². The molecule has 0 aliphatic carbocycles. The van der Waals surface area contributed by atoms with Crippen LogP contribution in [0.25, 0.3) is 10.9 Å². The van der Waals surface area contributed by atoms with Gasteiger partial charge in [0.25, 0.3) is 5.82 Å². The summed E-state index contributed by atoms with van der Waals surface area (Å²) in [4.78, 5) is 13.3. The van der Waals surface area contributed by atoms with E-state index in [1.807, 2.05) is 6.07 Å². The lowest BCUT2D eigenvalue weighted by Gasteiger charge is -1.94. The molecule has 112 valence electrons. The molecule has 9 heteroatoms. The fraction of sp³-hybridized carbons (Fsp3) is 0.154. The van der Waals surface area contributed by atoms with Crippen LogP contribution in [0.1, 0.15) is 5.69 Å². The Labute approximate surface area is 124 Å². The predicted molar refractivity (Wildman–Crippen MR) is 78.7 cm³/mol. The average Bonchev–Trinajstić information content (AvgIpc) is 2.92. The normalized spacial score (nSPS) is 11.5. The van der Waals surface area contributed by atoms with Crippen LogP contribution in [0.2, 0.25) is 0 Å². The summed E-state index contributed by atoms with van der Waals surface area (Å²) >= 11 is 0. The van der Waals surface area contributed by atoms with Crippen LogP contribution < -0.4 is 0 Å². The molecule has 22 heavy (non-hydrogen) atoms. The SMILES string of the molecule is Cc1nn(C)c(N=Nc2c(O)[nH]c3ccccc23)c1[N+](=O)[O-]. The molecule has 0 atom stereocenters. The maximum Gasteiger partial charge on any atom is 0.337 e. The van der Waals surface area contributed by atoms with Crippen LogP contribution in [0.5, 0.6) is 5.88 Å². The summed E-state index contributed by atoms with van der Waals surface area (Å²) < 4.78 is 1.28. The molecule has 0 bridgehead atoms. The number of benzene rings is 1. The standard InChI is InChI=1S/C13H12N6O3/c1-7-11(19(21)22)12(18(2)17-7)16-15-10-8-5-3-4-6-9(8)14-13(10)20/h3-6,14,20H,1-2H3. The highest BCUT2D eigenvalue weighted by Crippen LogP contribution is 2.37. The monoisotopic (exact) mass is 300 g/mol. The van der Waals surface area contributed by atoms with Crippen LogP contribution in [0.4, 0.5) is 17.2 Å². The van der Waals surface area contributed by atoms with E-state index in [2.05, 4.69) is 20.3 Å². The van der Waals surface area contributed by atoms with E-state index in [1.54, 1.807) is 25.2 Å². The van der Waals surface area contributed by atoms with Crippen molar-refractivity contribution in [1.29, 1.82) is 0 Å². The molecular formula is C13H12N6O3. The van der Waals surface area contributed by atoms with Gasteiger partial charge in [0.2, 0.25) is 5.88 Å². The highest BCUT2D eigenvalue weighted by molar-refractivity contribution is 5.94. The molecule has 0 saturated carbocycles. The second-order valence-corrected chi connectivity index (χ2v) is 4.71. The van der Waals surface area contributed by atoms with E-state index in [-0.39, 0.29) is 28.8 Å². The summed E-state index contributed by atoms with van der Waals surface area (Å²) in [6, 6.07) is 7.16. The van der Waals surface area contributed by atoms with Crippen LogP contribution in [0, 0.1) is 17.0 Å². The first-order chi connectivity index (χ1) is 10.5. The van der Waals surface area contributed by atoms with Gasteiger partial charge in [0.15, 0.2) is 5.69 Å². The Morgan fingerprint density at radius 2 is 2.09 bits per heavy atom. The molecule has 9 nitrogen and oxygen atoms in total. The van der Waals surface area contributed by atoms with Crippen molar-refractivity contribution in [2.45, 2.75) is 6.92 Å². The number of nitrogens with zero attached hydrogens (tertiary/aromatic N) is 5. The summed E-state index contributed by atoms with van der Waals surface area (Å²) in [5.74, 6) is -0.126. The molecule has 2 aromatic heterocycles. The van der Waals surface area contributed by atoms with Gasteiger partial charge in [-0.05, 0) is 13.0 Å². The lowest BCUT2D eigenvalue weighted by molar-refractivity contribution is -0.384.